The fourth-order valence-corrected chi connectivity index (χ4v) is 3.70. The van der Waals surface area contributed by atoms with Gasteiger partial charge < -0.3 is 9.84 Å². The average Bonchev–Trinajstić information content (AvgIpc) is 2.73. The van der Waals surface area contributed by atoms with Gasteiger partial charge in [-0.25, -0.2) is 8.42 Å². The molecule has 7 nitrogen and oxygen atoms in total. The first-order valence-electron chi connectivity index (χ1n) is 10.1. The van der Waals surface area contributed by atoms with Crippen LogP contribution in [0.5, 0.6) is 5.75 Å². The molecule has 0 unspecified atom stereocenters. The van der Waals surface area contributed by atoms with Crippen molar-refractivity contribution >= 4 is 9.84 Å². The highest BCUT2D eigenvalue weighted by Crippen LogP contribution is 2.31. The molecule has 11 heteroatoms. The molecule has 0 fully saturated rings. The Kier molecular flexibility index (Phi) is 6.90. The van der Waals surface area contributed by atoms with Crippen molar-refractivity contribution in [3.8, 4) is 22.6 Å². The molecule has 34 heavy (non-hydrogen) atoms. The average molecular weight is 497 g/mol. The minimum Gasteiger partial charge on any atom is -0.487 e. The van der Waals surface area contributed by atoms with Crippen LogP contribution in [0.25, 0.3) is 16.8 Å². The lowest BCUT2D eigenvalue weighted by Crippen LogP contribution is -2.26. The summed E-state index contributed by atoms with van der Waals surface area (Å²) in [5.74, 6) is -0.191. The Balaban J connectivity index is 2.12. The summed E-state index contributed by atoms with van der Waals surface area (Å²) >= 11 is 0. The number of alkyl halides is 3. The zero-order valence-corrected chi connectivity index (χ0v) is 19.4. The zero-order chi connectivity index (χ0) is 25.3. The van der Waals surface area contributed by atoms with E-state index < -0.39 is 32.7 Å². The molecule has 0 aliphatic heterocycles. The molecule has 3 rings (SSSR count). The van der Waals surface area contributed by atoms with E-state index >= 15 is 0 Å². The number of nitrogens with zero attached hydrogens (tertiary/aromatic N) is 2. The maximum absolute atomic E-state index is 13.2. The fraction of sp³-hybridized carbons (Fsp3) is 0.304. The molecule has 1 heterocycles. The lowest BCUT2D eigenvalue weighted by Gasteiger charge is -2.18. The van der Waals surface area contributed by atoms with Crippen LogP contribution in [-0.2, 0) is 16.0 Å². The van der Waals surface area contributed by atoms with Gasteiger partial charge in [-0.15, -0.1) is 0 Å². The molecule has 1 aromatic heterocycles. The second kappa shape index (κ2) is 9.22. The van der Waals surface area contributed by atoms with E-state index in [2.05, 4.69) is 5.10 Å². The summed E-state index contributed by atoms with van der Waals surface area (Å²) in [5.41, 5.74) is -2.28. The first kappa shape index (κ1) is 25.4. The van der Waals surface area contributed by atoms with E-state index in [1.165, 1.54) is 42.6 Å². The van der Waals surface area contributed by atoms with Gasteiger partial charge in [0.15, 0.2) is 15.6 Å². The van der Waals surface area contributed by atoms with Crippen molar-refractivity contribution in [3.63, 3.8) is 0 Å². The van der Waals surface area contributed by atoms with Crippen LogP contribution in [0.1, 0.15) is 25.8 Å². The number of benzene rings is 2. The van der Waals surface area contributed by atoms with E-state index in [1.54, 1.807) is 13.8 Å². The zero-order valence-electron chi connectivity index (χ0n) is 18.6. The number of hydrogen-bond acceptors (Lipinski definition) is 6. The number of aromatic nitrogens is 2. The lowest BCUT2D eigenvalue weighted by atomic mass is 10.1. The van der Waals surface area contributed by atoms with Crippen LogP contribution in [-0.4, -0.2) is 41.8 Å². The lowest BCUT2D eigenvalue weighted by molar-refractivity contribution is -0.137. The third-order valence-electron chi connectivity index (χ3n) is 4.91. The molecule has 0 atom stereocenters. The molecule has 0 spiro atoms. The number of aliphatic hydroxyl groups is 1. The van der Waals surface area contributed by atoms with Gasteiger partial charge >= 0.3 is 11.7 Å². The Morgan fingerprint density at radius 1 is 1.09 bits per heavy atom. The Morgan fingerprint density at radius 3 is 2.29 bits per heavy atom. The third-order valence-corrected chi connectivity index (χ3v) is 6.03. The van der Waals surface area contributed by atoms with Crippen LogP contribution in [0.15, 0.2) is 64.4 Å². The highest BCUT2D eigenvalue weighted by molar-refractivity contribution is 7.90. The molecule has 1 N–H and O–H groups in total. The molecule has 0 aliphatic carbocycles. The molecule has 0 saturated heterocycles. The molecular formula is C23H23F3N2O5S. The first-order valence-corrected chi connectivity index (χ1v) is 12.0. The molecule has 2 aromatic carbocycles. The number of hydrogen-bond donors (Lipinski definition) is 1. The van der Waals surface area contributed by atoms with Crippen molar-refractivity contribution in [1.29, 1.82) is 0 Å². The molecule has 0 aliphatic rings. The third kappa shape index (κ3) is 6.03. The molecule has 0 saturated carbocycles. The molecule has 0 radical (unpaired) electrons. The second-order valence-corrected chi connectivity index (χ2v) is 10.4. The van der Waals surface area contributed by atoms with Gasteiger partial charge in [0.1, 0.15) is 0 Å². The first-order chi connectivity index (χ1) is 15.7. The van der Waals surface area contributed by atoms with Crippen molar-refractivity contribution in [3.05, 3.63) is 70.6 Å². The highest BCUT2D eigenvalue weighted by Gasteiger charge is 2.31. The Morgan fingerprint density at radius 2 is 1.74 bits per heavy atom. The van der Waals surface area contributed by atoms with E-state index in [1.807, 2.05) is 0 Å². The number of sulfone groups is 1. The highest BCUT2D eigenvalue weighted by atomic mass is 32.2. The smallest absolute Gasteiger partial charge is 0.416 e. The fourth-order valence-electron chi connectivity index (χ4n) is 3.07. The van der Waals surface area contributed by atoms with E-state index in [9.17, 15) is 31.5 Å². The normalized spacial score (nSPS) is 12.6. The quantitative estimate of drug-likeness (QED) is 0.534. The summed E-state index contributed by atoms with van der Waals surface area (Å²) in [7, 11) is -3.44. The summed E-state index contributed by atoms with van der Waals surface area (Å²) < 4.78 is 69.4. The van der Waals surface area contributed by atoms with Gasteiger partial charge in [-0.2, -0.15) is 23.0 Å². The summed E-state index contributed by atoms with van der Waals surface area (Å²) in [4.78, 5) is 13.3. The van der Waals surface area contributed by atoms with Gasteiger partial charge in [0.25, 0.3) is 0 Å². The standard InChI is InChI=1S/C23H23F3N2O5S/c1-22(2,30)11-12-33-20-19(15-7-9-18(10-8-15)34(3,31)32)14-27-28(21(20)29)17-6-4-5-16(13-17)23(24,25)26/h4-10,13-14,30H,11-12H2,1-3H3. The van der Waals surface area contributed by atoms with Crippen LogP contribution in [0.2, 0.25) is 0 Å². The van der Waals surface area contributed by atoms with E-state index in [0.29, 0.717) is 5.56 Å². The summed E-state index contributed by atoms with van der Waals surface area (Å²) in [6, 6.07) is 9.84. The number of halogens is 3. The molecule has 182 valence electrons. The molecular weight excluding hydrogens is 473 g/mol. The summed E-state index contributed by atoms with van der Waals surface area (Å²) in [5, 5.41) is 14.0. The summed E-state index contributed by atoms with van der Waals surface area (Å²) in [6.45, 7) is 3.07. The van der Waals surface area contributed by atoms with Crippen LogP contribution in [0, 0.1) is 0 Å². The predicted molar refractivity (Wildman–Crippen MR) is 120 cm³/mol. The number of rotatable bonds is 7. The van der Waals surface area contributed by atoms with Crippen molar-refractivity contribution in [2.24, 2.45) is 0 Å². The van der Waals surface area contributed by atoms with E-state index in [-0.39, 0.29) is 34.9 Å². The van der Waals surface area contributed by atoms with Crippen LogP contribution >= 0.6 is 0 Å². The maximum Gasteiger partial charge on any atom is 0.416 e. The molecule has 3 aromatic rings. The largest absolute Gasteiger partial charge is 0.487 e. The van der Waals surface area contributed by atoms with Crippen LogP contribution in [0.4, 0.5) is 13.2 Å². The summed E-state index contributed by atoms with van der Waals surface area (Å²) in [6.07, 6.45) is -2.11. The van der Waals surface area contributed by atoms with Crippen molar-refractivity contribution in [2.45, 2.75) is 36.9 Å². The van der Waals surface area contributed by atoms with Gasteiger partial charge in [0.2, 0.25) is 0 Å². The monoisotopic (exact) mass is 496 g/mol. The SMILES string of the molecule is CC(C)(O)CCOc1c(-c2ccc(S(C)(=O)=O)cc2)cnn(-c2cccc(C(F)(F)F)c2)c1=O. The second-order valence-electron chi connectivity index (χ2n) is 8.36. The van der Waals surface area contributed by atoms with Crippen molar-refractivity contribution in [1.82, 2.24) is 9.78 Å². The van der Waals surface area contributed by atoms with Crippen LogP contribution < -0.4 is 10.3 Å². The Bertz CT molecular complexity index is 1340. The van der Waals surface area contributed by atoms with Crippen molar-refractivity contribution < 1.29 is 31.4 Å². The van der Waals surface area contributed by atoms with Gasteiger partial charge in [-0.05, 0) is 49.7 Å². The number of ether oxygens (including phenoxy) is 1. The maximum atomic E-state index is 13.2. The minimum absolute atomic E-state index is 0.0558. The Hall–Kier alpha value is -3.18. The molecule has 0 bridgehead atoms. The van der Waals surface area contributed by atoms with Gasteiger partial charge in [-0.3, -0.25) is 4.79 Å². The van der Waals surface area contributed by atoms with Crippen molar-refractivity contribution in [2.75, 3.05) is 12.9 Å². The topological polar surface area (TPSA) is 98.5 Å². The predicted octanol–water partition coefficient (Wildman–Crippen LogP) is 3.86. The van der Waals surface area contributed by atoms with E-state index in [0.717, 1.165) is 23.1 Å². The Labute approximate surface area is 194 Å². The van der Waals surface area contributed by atoms with Crippen LogP contribution in [0.3, 0.4) is 0 Å². The van der Waals surface area contributed by atoms with Gasteiger partial charge in [-0.1, -0.05) is 18.2 Å². The van der Waals surface area contributed by atoms with Gasteiger partial charge in [0, 0.05) is 18.2 Å². The minimum atomic E-state index is -4.60. The van der Waals surface area contributed by atoms with Gasteiger partial charge in [0.05, 0.1) is 34.6 Å². The van der Waals surface area contributed by atoms with E-state index in [4.69, 9.17) is 4.74 Å². The molecule has 0 amide bonds.